The van der Waals surface area contributed by atoms with E-state index in [9.17, 15) is 14.4 Å². The predicted molar refractivity (Wildman–Crippen MR) is 129 cm³/mol. The maximum atomic E-state index is 13.6. The molecule has 4 rings (SSSR count). The van der Waals surface area contributed by atoms with Crippen LogP contribution in [0.1, 0.15) is 51.5 Å². The summed E-state index contributed by atoms with van der Waals surface area (Å²) in [4.78, 5) is 42.0. The van der Waals surface area contributed by atoms with Crippen LogP contribution >= 0.6 is 0 Å². The van der Waals surface area contributed by atoms with E-state index >= 15 is 0 Å². The molecule has 8 heteroatoms. The Morgan fingerprint density at radius 3 is 2.12 bits per heavy atom. The fraction of sp³-hybridized carbons (Fsp3) is 0.577. The van der Waals surface area contributed by atoms with Gasteiger partial charge in [0.25, 0.3) is 17.7 Å². The summed E-state index contributed by atoms with van der Waals surface area (Å²) in [5.74, 6) is -0.998. The molecule has 8 nitrogen and oxygen atoms in total. The van der Waals surface area contributed by atoms with Gasteiger partial charge in [0.2, 0.25) is 0 Å². The fourth-order valence-electron chi connectivity index (χ4n) is 4.66. The van der Waals surface area contributed by atoms with E-state index in [1.54, 1.807) is 11.0 Å². The van der Waals surface area contributed by atoms with Crippen molar-refractivity contribution in [3.63, 3.8) is 0 Å². The number of hydrogen-bond acceptors (Lipinski definition) is 5. The van der Waals surface area contributed by atoms with Gasteiger partial charge in [-0.15, -0.1) is 0 Å². The van der Waals surface area contributed by atoms with Crippen LogP contribution in [0.3, 0.4) is 0 Å². The summed E-state index contributed by atoms with van der Waals surface area (Å²) < 4.78 is 11.2. The van der Waals surface area contributed by atoms with Crippen LogP contribution in [0, 0.1) is 5.92 Å². The smallest absolute Gasteiger partial charge is 0.259 e. The number of rotatable bonds is 9. The van der Waals surface area contributed by atoms with Crippen LogP contribution in [0.4, 0.5) is 5.69 Å². The molecule has 0 saturated carbocycles. The largest absolute Gasteiger partial charge is 0.376 e. The third-order valence-electron chi connectivity index (χ3n) is 6.59. The molecule has 2 N–H and O–H groups in total. The van der Waals surface area contributed by atoms with E-state index in [1.807, 2.05) is 18.2 Å². The van der Waals surface area contributed by atoms with E-state index in [1.165, 1.54) is 0 Å². The monoisotopic (exact) mass is 469 g/mol. The van der Waals surface area contributed by atoms with Gasteiger partial charge in [0.15, 0.2) is 0 Å². The van der Waals surface area contributed by atoms with E-state index in [0.717, 1.165) is 37.8 Å². The fourth-order valence-corrected chi connectivity index (χ4v) is 4.66. The topological polar surface area (TPSA) is 97.0 Å². The lowest BCUT2D eigenvalue weighted by Gasteiger charge is -2.19. The molecule has 2 fully saturated rings. The molecule has 1 aromatic rings. The summed E-state index contributed by atoms with van der Waals surface area (Å²) in [6.07, 6.45) is 4.31. The van der Waals surface area contributed by atoms with Crippen LogP contribution in [0.5, 0.6) is 0 Å². The van der Waals surface area contributed by atoms with Crippen molar-refractivity contribution in [3.05, 3.63) is 35.4 Å². The number of carbonyl (C=O) groups excluding carboxylic acids is 3. The Morgan fingerprint density at radius 2 is 1.59 bits per heavy atom. The van der Waals surface area contributed by atoms with Crippen LogP contribution in [0.15, 0.2) is 29.8 Å². The molecule has 3 aliphatic heterocycles. The molecule has 1 aromatic carbocycles. The van der Waals surface area contributed by atoms with E-state index in [0.29, 0.717) is 44.3 Å². The second kappa shape index (κ2) is 11.1. The zero-order valence-electron chi connectivity index (χ0n) is 20.1. The van der Waals surface area contributed by atoms with Gasteiger partial charge < -0.3 is 25.0 Å². The lowest BCUT2D eigenvalue weighted by atomic mass is 9.99. The van der Waals surface area contributed by atoms with Gasteiger partial charge in [-0.2, -0.15) is 0 Å². The average molecular weight is 470 g/mol. The van der Waals surface area contributed by atoms with Crippen molar-refractivity contribution in [3.8, 4) is 0 Å². The predicted octanol–water partition coefficient (Wildman–Crippen LogP) is 2.42. The third-order valence-corrected chi connectivity index (χ3v) is 6.59. The summed E-state index contributed by atoms with van der Waals surface area (Å²) in [5.41, 5.74) is 1.37. The highest BCUT2D eigenvalue weighted by molar-refractivity contribution is 6.41. The number of para-hydroxylation sites is 1. The zero-order chi connectivity index (χ0) is 24.1. The third kappa shape index (κ3) is 5.50. The molecule has 3 heterocycles. The Kier molecular flexibility index (Phi) is 8.00. The van der Waals surface area contributed by atoms with Crippen LogP contribution in [-0.4, -0.2) is 62.8 Å². The second-order valence-electron chi connectivity index (χ2n) is 9.60. The Morgan fingerprint density at radius 1 is 1.00 bits per heavy atom. The van der Waals surface area contributed by atoms with Crippen molar-refractivity contribution >= 4 is 29.0 Å². The Labute approximate surface area is 201 Å². The number of amides is 3. The van der Waals surface area contributed by atoms with Crippen molar-refractivity contribution in [2.24, 2.45) is 5.92 Å². The molecular formula is C26H35N3O5. The molecule has 2 atom stereocenters. The molecule has 0 aliphatic carbocycles. The maximum absolute atomic E-state index is 13.6. The maximum Gasteiger partial charge on any atom is 0.259 e. The lowest BCUT2D eigenvalue weighted by Crippen LogP contribution is -2.41. The summed E-state index contributed by atoms with van der Waals surface area (Å²) in [6, 6.07) is 7.36. The molecule has 0 radical (unpaired) electrons. The Hall–Kier alpha value is -2.71. The number of carbonyl (C=O) groups is 3. The minimum Gasteiger partial charge on any atom is -0.376 e. The number of nitrogens with zero attached hydrogens (tertiary/aromatic N) is 1. The lowest BCUT2D eigenvalue weighted by molar-refractivity contribution is -0.124. The Balaban J connectivity index is 1.64. The van der Waals surface area contributed by atoms with E-state index < -0.39 is 11.8 Å². The first-order valence-electron chi connectivity index (χ1n) is 12.4. The van der Waals surface area contributed by atoms with Crippen molar-refractivity contribution in [2.75, 3.05) is 37.7 Å². The van der Waals surface area contributed by atoms with Crippen LogP contribution < -0.4 is 15.5 Å². The molecule has 0 spiro atoms. The zero-order valence-corrected chi connectivity index (χ0v) is 20.1. The summed E-state index contributed by atoms with van der Waals surface area (Å²) in [7, 11) is 0. The molecular weight excluding hydrogens is 434 g/mol. The number of benzene rings is 1. The van der Waals surface area contributed by atoms with Crippen LogP contribution in [0.25, 0.3) is 5.57 Å². The van der Waals surface area contributed by atoms with Crippen molar-refractivity contribution < 1.29 is 23.9 Å². The summed E-state index contributed by atoms with van der Waals surface area (Å²) in [6.45, 7) is 6.69. The molecule has 3 amide bonds. The SMILES string of the molecule is CC(C)CCN1C(=O)C(=C(C(=O)NCC2CCCO2)C(=O)NCC2CCCO2)c2ccccc21. The highest BCUT2D eigenvalue weighted by Gasteiger charge is 2.38. The van der Waals surface area contributed by atoms with Crippen molar-refractivity contribution in [2.45, 2.75) is 58.2 Å². The minimum atomic E-state index is -0.552. The van der Waals surface area contributed by atoms with E-state index in [4.69, 9.17) is 9.47 Å². The van der Waals surface area contributed by atoms with Crippen LogP contribution in [-0.2, 0) is 23.9 Å². The first kappa shape index (κ1) is 24.4. The molecule has 2 unspecified atom stereocenters. The average Bonchev–Trinajstić information content (AvgIpc) is 3.58. The highest BCUT2D eigenvalue weighted by atomic mass is 16.5. The molecule has 184 valence electrons. The molecule has 0 aromatic heterocycles. The van der Waals surface area contributed by atoms with Gasteiger partial charge in [-0.05, 0) is 44.1 Å². The molecule has 0 bridgehead atoms. The number of anilines is 1. The number of fused-ring (bicyclic) bond motifs is 1. The summed E-state index contributed by atoms with van der Waals surface area (Å²) in [5, 5.41) is 5.68. The molecule has 2 saturated heterocycles. The van der Waals surface area contributed by atoms with Gasteiger partial charge in [0, 0.05) is 38.4 Å². The normalized spacial score (nSPS) is 21.8. The summed E-state index contributed by atoms with van der Waals surface area (Å²) >= 11 is 0. The van der Waals surface area contributed by atoms with E-state index in [2.05, 4.69) is 24.5 Å². The first-order chi connectivity index (χ1) is 16.5. The second-order valence-corrected chi connectivity index (χ2v) is 9.60. The Bertz CT molecular complexity index is 912. The number of hydrogen-bond donors (Lipinski definition) is 2. The van der Waals surface area contributed by atoms with Gasteiger partial charge in [-0.3, -0.25) is 14.4 Å². The van der Waals surface area contributed by atoms with Gasteiger partial charge >= 0.3 is 0 Å². The van der Waals surface area contributed by atoms with Gasteiger partial charge in [-0.1, -0.05) is 32.0 Å². The van der Waals surface area contributed by atoms with Crippen molar-refractivity contribution in [1.29, 1.82) is 0 Å². The first-order valence-corrected chi connectivity index (χ1v) is 12.4. The van der Waals surface area contributed by atoms with Gasteiger partial charge in [0.05, 0.1) is 23.5 Å². The number of ether oxygens (including phenoxy) is 2. The highest BCUT2D eigenvalue weighted by Crippen LogP contribution is 2.38. The standard InChI is InChI=1S/C26H35N3O5/c1-17(2)11-12-29-21-10-4-3-9-20(21)22(26(29)32)23(24(30)27-15-18-7-5-13-33-18)25(31)28-16-19-8-6-14-34-19/h3-4,9-10,17-19H,5-8,11-16H2,1-2H3,(H,27,30)(H,28,31). The minimum absolute atomic E-state index is 0.0701. The number of nitrogens with one attached hydrogen (secondary N) is 2. The van der Waals surface area contributed by atoms with Gasteiger partial charge in [-0.25, -0.2) is 0 Å². The van der Waals surface area contributed by atoms with Crippen molar-refractivity contribution in [1.82, 2.24) is 10.6 Å². The molecule has 34 heavy (non-hydrogen) atoms. The van der Waals surface area contributed by atoms with Crippen LogP contribution in [0.2, 0.25) is 0 Å². The quantitative estimate of drug-likeness (QED) is 0.329. The van der Waals surface area contributed by atoms with Gasteiger partial charge in [0.1, 0.15) is 5.57 Å². The van der Waals surface area contributed by atoms with E-state index in [-0.39, 0.29) is 29.3 Å². The molecule has 3 aliphatic rings.